The second kappa shape index (κ2) is 6.63. The van der Waals surface area contributed by atoms with Crippen LogP contribution in [0, 0.1) is 0 Å². The highest BCUT2D eigenvalue weighted by atomic mass is 35.5. The molecule has 0 bridgehead atoms. The Morgan fingerprint density at radius 3 is 2.68 bits per heavy atom. The molecule has 1 aromatic carbocycles. The van der Waals surface area contributed by atoms with Crippen LogP contribution in [0.3, 0.4) is 0 Å². The summed E-state index contributed by atoms with van der Waals surface area (Å²) in [4.78, 5) is 15.4. The number of carbonyl (C=O) groups excluding carboxylic acids is 1. The summed E-state index contributed by atoms with van der Waals surface area (Å²) in [6.07, 6.45) is -4.71. The van der Waals surface area contributed by atoms with E-state index in [1.165, 1.54) is 13.2 Å². The monoisotopic (exact) mass is 297 g/mol. The molecule has 4 nitrogen and oxygen atoms in total. The third-order valence-electron chi connectivity index (χ3n) is 2.02. The third-order valence-corrected chi connectivity index (χ3v) is 2.25. The van der Waals surface area contributed by atoms with E-state index in [1.807, 2.05) is 0 Å². The third kappa shape index (κ3) is 5.80. The van der Waals surface area contributed by atoms with Gasteiger partial charge in [0.15, 0.2) is 6.61 Å². The minimum absolute atomic E-state index is 0.207. The van der Waals surface area contributed by atoms with E-state index in [1.54, 1.807) is 17.6 Å². The fraction of sp³-hybridized carbons (Fsp3) is 0.364. The highest BCUT2D eigenvalue weighted by molar-refractivity contribution is 6.30. The molecule has 0 saturated carbocycles. The van der Waals surface area contributed by atoms with Crippen LogP contribution in [0.2, 0.25) is 5.02 Å². The zero-order valence-electron chi connectivity index (χ0n) is 9.88. The molecule has 0 aliphatic heterocycles. The lowest BCUT2D eigenvalue weighted by Crippen LogP contribution is -2.30. The first-order valence-electron chi connectivity index (χ1n) is 5.11. The summed E-state index contributed by atoms with van der Waals surface area (Å²) >= 11 is 5.75. The molecule has 1 amide bonds. The minimum atomic E-state index is -4.50. The fourth-order valence-electron chi connectivity index (χ4n) is 1.29. The lowest BCUT2D eigenvalue weighted by molar-refractivity contribution is -0.191. The van der Waals surface area contributed by atoms with Crippen molar-refractivity contribution in [2.45, 2.75) is 12.6 Å². The largest absolute Gasteiger partial charge is 0.496 e. The second-order valence-electron chi connectivity index (χ2n) is 3.56. The van der Waals surface area contributed by atoms with E-state index >= 15 is 0 Å². The Kier molecular flexibility index (Phi) is 5.44. The van der Waals surface area contributed by atoms with E-state index in [9.17, 15) is 18.0 Å². The van der Waals surface area contributed by atoms with Crippen molar-refractivity contribution in [2.24, 2.45) is 0 Å². The van der Waals surface area contributed by atoms with Gasteiger partial charge in [-0.1, -0.05) is 11.6 Å². The van der Waals surface area contributed by atoms with Crippen LogP contribution in [0.5, 0.6) is 5.75 Å². The molecule has 0 atom stereocenters. The van der Waals surface area contributed by atoms with Crippen LogP contribution in [0.25, 0.3) is 0 Å². The highest BCUT2D eigenvalue weighted by Crippen LogP contribution is 2.23. The summed E-state index contributed by atoms with van der Waals surface area (Å²) in [5.74, 6) is -0.319. The Hall–Kier alpha value is -1.47. The number of methoxy groups -OCH3 is 1. The Bertz CT molecular complexity index is 451. The first kappa shape index (κ1) is 15.6. The van der Waals surface area contributed by atoms with Gasteiger partial charge in [-0.15, -0.1) is 0 Å². The average molecular weight is 298 g/mol. The van der Waals surface area contributed by atoms with E-state index in [2.05, 4.69) is 4.84 Å². The molecule has 0 aliphatic rings. The Morgan fingerprint density at radius 1 is 1.42 bits per heavy atom. The standard InChI is InChI=1S/C11H11ClF3NO3/c1-18-9-3-2-8(12)4-7(9)5-10(17)16-19-6-11(13,14)15/h2-4H,5-6H2,1H3,(H,16,17). The van der Waals surface area contributed by atoms with Crippen LogP contribution in [-0.4, -0.2) is 25.8 Å². The summed E-state index contributed by atoms with van der Waals surface area (Å²) in [5.41, 5.74) is 2.15. The van der Waals surface area contributed by atoms with Crippen molar-refractivity contribution in [2.75, 3.05) is 13.7 Å². The molecule has 0 aliphatic carbocycles. The molecule has 0 radical (unpaired) electrons. The first-order chi connectivity index (χ1) is 8.81. The molecule has 0 saturated heterocycles. The molecule has 1 rings (SSSR count). The van der Waals surface area contributed by atoms with Gasteiger partial charge >= 0.3 is 6.18 Å². The number of hydrogen-bond donors (Lipinski definition) is 1. The predicted octanol–water partition coefficient (Wildman–Crippen LogP) is 2.50. The number of halogens is 4. The number of rotatable bonds is 5. The second-order valence-corrected chi connectivity index (χ2v) is 4.00. The van der Waals surface area contributed by atoms with Crippen molar-refractivity contribution < 1.29 is 27.5 Å². The normalized spacial score (nSPS) is 11.2. The van der Waals surface area contributed by atoms with Crippen LogP contribution < -0.4 is 10.2 Å². The average Bonchev–Trinajstić information content (AvgIpc) is 2.27. The molecule has 1 aromatic rings. The summed E-state index contributed by atoms with van der Waals surface area (Å²) < 4.78 is 40.4. The molecule has 0 spiro atoms. The number of hydroxylamine groups is 1. The predicted molar refractivity (Wildman–Crippen MR) is 61.9 cm³/mol. The molecule has 19 heavy (non-hydrogen) atoms. The number of nitrogens with one attached hydrogen (secondary N) is 1. The van der Waals surface area contributed by atoms with Gasteiger partial charge in [0.25, 0.3) is 0 Å². The molecular weight excluding hydrogens is 287 g/mol. The molecule has 0 unspecified atom stereocenters. The number of benzene rings is 1. The summed E-state index contributed by atoms with van der Waals surface area (Å²) in [6, 6.07) is 4.62. The summed E-state index contributed by atoms with van der Waals surface area (Å²) in [7, 11) is 1.41. The molecular formula is C11H11ClF3NO3. The lowest BCUT2D eigenvalue weighted by Gasteiger charge is -2.10. The molecule has 0 aromatic heterocycles. The first-order valence-corrected chi connectivity index (χ1v) is 5.49. The summed E-state index contributed by atoms with van der Waals surface area (Å²) in [5, 5.41) is 0.389. The quantitative estimate of drug-likeness (QED) is 0.850. The number of ether oxygens (including phenoxy) is 1. The van der Waals surface area contributed by atoms with Gasteiger partial charge in [-0.25, -0.2) is 5.48 Å². The van der Waals surface area contributed by atoms with Gasteiger partial charge in [0.1, 0.15) is 5.75 Å². The van der Waals surface area contributed by atoms with Crippen molar-refractivity contribution >= 4 is 17.5 Å². The van der Waals surface area contributed by atoms with Gasteiger partial charge in [-0.05, 0) is 18.2 Å². The van der Waals surface area contributed by atoms with Gasteiger partial charge in [-0.2, -0.15) is 13.2 Å². The van der Waals surface area contributed by atoms with Gasteiger partial charge in [0, 0.05) is 10.6 Å². The van der Waals surface area contributed by atoms with Gasteiger partial charge in [0.2, 0.25) is 5.91 Å². The molecule has 106 valence electrons. The maximum atomic E-state index is 11.8. The molecule has 0 fully saturated rings. The van der Waals surface area contributed by atoms with Crippen molar-refractivity contribution in [1.29, 1.82) is 0 Å². The van der Waals surface area contributed by atoms with Gasteiger partial charge in [0.05, 0.1) is 13.5 Å². The number of alkyl halides is 3. The van der Waals surface area contributed by atoms with Crippen LogP contribution >= 0.6 is 11.6 Å². The van der Waals surface area contributed by atoms with Crippen molar-refractivity contribution in [1.82, 2.24) is 5.48 Å². The Labute approximate surface area is 112 Å². The van der Waals surface area contributed by atoms with Crippen LogP contribution in [0.15, 0.2) is 18.2 Å². The van der Waals surface area contributed by atoms with Crippen LogP contribution in [0.4, 0.5) is 13.2 Å². The van der Waals surface area contributed by atoms with Crippen molar-refractivity contribution in [3.63, 3.8) is 0 Å². The fourth-order valence-corrected chi connectivity index (χ4v) is 1.49. The number of carbonyl (C=O) groups is 1. The number of hydrogen-bond acceptors (Lipinski definition) is 3. The highest BCUT2D eigenvalue weighted by Gasteiger charge is 2.28. The van der Waals surface area contributed by atoms with E-state index < -0.39 is 18.7 Å². The SMILES string of the molecule is COc1ccc(Cl)cc1CC(=O)NOCC(F)(F)F. The zero-order valence-corrected chi connectivity index (χ0v) is 10.6. The maximum Gasteiger partial charge on any atom is 0.414 e. The maximum absolute atomic E-state index is 11.8. The van der Waals surface area contributed by atoms with E-state index in [0.717, 1.165) is 0 Å². The van der Waals surface area contributed by atoms with Crippen molar-refractivity contribution in [3.05, 3.63) is 28.8 Å². The molecule has 8 heteroatoms. The van der Waals surface area contributed by atoms with Crippen LogP contribution in [0.1, 0.15) is 5.56 Å². The Balaban J connectivity index is 2.55. The molecule has 1 N–H and O–H groups in total. The zero-order chi connectivity index (χ0) is 14.5. The van der Waals surface area contributed by atoms with Crippen LogP contribution in [-0.2, 0) is 16.1 Å². The smallest absolute Gasteiger partial charge is 0.414 e. The van der Waals surface area contributed by atoms with Crippen molar-refractivity contribution in [3.8, 4) is 5.75 Å². The topological polar surface area (TPSA) is 47.6 Å². The van der Waals surface area contributed by atoms with Gasteiger partial charge < -0.3 is 4.74 Å². The van der Waals surface area contributed by atoms with Gasteiger partial charge in [-0.3, -0.25) is 9.63 Å². The van der Waals surface area contributed by atoms with E-state index in [-0.39, 0.29) is 6.42 Å². The minimum Gasteiger partial charge on any atom is -0.496 e. The van der Waals surface area contributed by atoms with E-state index in [0.29, 0.717) is 16.3 Å². The number of amides is 1. The lowest BCUT2D eigenvalue weighted by atomic mass is 10.1. The molecule has 0 heterocycles. The summed E-state index contributed by atoms with van der Waals surface area (Å²) in [6.45, 7) is -1.55. The van der Waals surface area contributed by atoms with E-state index in [4.69, 9.17) is 16.3 Å². The Morgan fingerprint density at radius 2 is 2.11 bits per heavy atom.